The Morgan fingerprint density at radius 3 is 2.37 bits per heavy atom. The number of amides is 1. The van der Waals surface area contributed by atoms with Crippen LogP contribution in [0.2, 0.25) is 5.02 Å². The zero-order chi connectivity index (χ0) is 18.6. The van der Waals surface area contributed by atoms with E-state index < -0.39 is 0 Å². The van der Waals surface area contributed by atoms with Crippen molar-refractivity contribution >= 4 is 17.5 Å². The van der Waals surface area contributed by atoms with E-state index in [1.807, 2.05) is 18.2 Å². The first-order valence-electron chi connectivity index (χ1n) is 10.0. The van der Waals surface area contributed by atoms with E-state index in [0.717, 1.165) is 57.0 Å². The normalized spacial score (nSPS) is 22.6. The molecule has 27 heavy (non-hydrogen) atoms. The van der Waals surface area contributed by atoms with Gasteiger partial charge in [-0.25, -0.2) is 0 Å². The molecular weight excluding hydrogens is 356 g/mol. The van der Waals surface area contributed by atoms with Crippen LogP contribution in [0.5, 0.6) is 0 Å². The monoisotopic (exact) mass is 382 g/mol. The number of piperazine rings is 1. The van der Waals surface area contributed by atoms with Crippen LogP contribution in [0.4, 0.5) is 0 Å². The minimum atomic E-state index is 0.212. The van der Waals surface area contributed by atoms with E-state index >= 15 is 0 Å². The molecule has 4 heteroatoms. The average molecular weight is 383 g/mol. The highest BCUT2D eigenvalue weighted by molar-refractivity contribution is 6.30. The minimum absolute atomic E-state index is 0.212. The van der Waals surface area contributed by atoms with Crippen molar-refractivity contribution in [2.75, 3.05) is 32.7 Å². The van der Waals surface area contributed by atoms with Gasteiger partial charge < -0.3 is 4.90 Å². The number of benzene rings is 2. The number of hydrogen-bond donors (Lipinski definition) is 0. The van der Waals surface area contributed by atoms with Gasteiger partial charge in [0, 0.05) is 37.1 Å². The first kappa shape index (κ1) is 18.5. The molecule has 1 saturated heterocycles. The molecule has 0 N–H and O–H groups in total. The fraction of sp³-hybridized carbons (Fsp3) is 0.435. The molecule has 1 aliphatic heterocycles. The summed E-state index contributed by atoms with van der Waals surface area (Å²) in [4.78, 5) is 17.3. The van der Waals surface area contributed by atoms with Crippen LogP contribution < -0.4 is 0 Å². The molecule has 1 amide bonds. The van der Waals surface area contributed by atoms with Crippen molar-refractivity contribution in [2.45, 2.75) is 25.2 Å². The van der Waals surface area contributed by atoms with Gasteiger partial charge in [0.05, 0.1) is 0 Å². The van der Waals surface area contributed by atoms with Gasteiger partial charge in [0.2, 0.25) is 5.91 Å². The first-order chi connectivity index (χ1) is 13.2. The summed E-state index contributed by atoms with van der Waals surface area (Å²) < 4.78 is 0. The van der Waals surface area contributed by atoms with Crippen molar-refractivity contribution in [3.05, 3.63) is 70.7 Å². The maximum atomic E-state index is 12.8. The maximum Gasteiger partial charge on any atom is 0.226 e. The third-order valence-electron chi connectivity index (χ3n) is 5.87. The standard InChI is InChI=1S/C23H27ClN2O/c24-20-10-8-18(9-11-20)5-4-12-25-13-15-26(16-14-25)23(27)22-17-21(22)19-6-2-1-3-7-19/h1-3,6-11,21-22H,4-5,12-17H2/t21-,22+/m0/s1. The lowest BCUT2D eigenvalue weighted by Crippen LogP contribution is -2.49. The van der Waals surface area contributed by atoms with Crippen LogP contribution in [0, 0.1) is 5.92 Å². The van der Waals surface area contributed by atoms with Crippen molar-refractivity contribution in [3.63, 3.8) is 0 Å². The Bertz CT molecular complexity index is 754. The van der Waals surface area contributed by atoms with E-state index in [1.165, 1.54) is 11.1 Å². The van der Waals surface area contributed by atoms with Crippen molar-refractivity contribution in [1.29, 1.82) is 0 Å². The summed E-state index contributed by atoms with van der Waals surface area (Å²) >= 11 is 5.94. The molecule has 142 valence electrons. The van der Waals surface area contributed by atoms with Gasteiger partial charge >= 0.3 is 0 Å². The highest BCUT2D eigenvalue weighted by atomic mass is 35.5. The van der Waals surface area contributed by atoms with Crippen molar-refractivity contribution in [1.82, 2.24) is 9.80 Å². The summed E-state index contributed by atoms with van der Waals surface area (Å²) in [6.07, 6.45) is 3.25. The highest BCUT2D eigenvalue weighted by Crippen LogP contribution is 2.48. The predicted molar refractivity (Wildman–Crippen MR) is 110 cm³/mol. The van der Waals surface area contributed by atoms with Crippen LogP contribution in [-0.2, 0) is 11.2 Å². The van der Waals surface area contributed by atoms with Gasteiger partial charge in [-0.15, -0.1) is 0 Å². The lowest BCUT2D eigenvalue weighted by molar-refractivity contribution is -0.134. The molecule has 2 fully saturated rings. The van der Waals surface area contributed by atoms with Crippen molar-refractivity contribution in [2.24, 2.45) is 5.92 Å². The van der Waals surface area contributed by atoms with Crippen LogP contribution in [0.25, 0.3) is 0 Å². The van der Waals surface area contributed by atoms with Gasteiger partial charge in [0.1, 0.15) is 0 Å². The van der Waals surface area contributed by atoms with Crippen LogP contribution in [0.15, 0.2) is 54.6 Å². The minimum Gasteiger partial charge on any atom is -0.340 e. The summed E-state index contributed by atoms with van der Waals surface area (Å²) in [5.74, 6) is 1.02. The van der Waals surface area contributed by atoms with Gasteiger partial charge in [0.15, 0.2) is 0 Å². The van der Waals surface area contributed by atoms with E-state index in [2.05, 4.69) is 46.2 Å². The molecule has 4 rings (SSSR count). The average Bonchev–Trinajstić information content (AvgIpc) is 3.51. The summed E-state index contributed by atoms with van der Waals surface area (Å²) in [7, 11) is 0. The van der Waals surface area contributed by atoms with Crippen LogP contribution in [0.1, 0.15) is 29.9 Å². The molecule has 1 heterocycles. The number of hydrogen-bond acceptors (Lipinski definition) is 2. The second-order valence-corrected chi connectivity index (χ2v) is 8.19. The summed E-state index contributed by atoms with van der Waals surface area (Å²) in [6, 6.07) is 18.6. The van der Waals surface area contributed by atoms with Crippen LogP contribution >= 0.6 is 11.6 Å². The molecule has 0 spiro atoms. The summed E-state index contributed by atoms with van der Waals surface area (Å²) in [6.45, 7) is 4.83. The Hall–Kier alpha value is -1.84. The molecule has 2 aromatic carbocycles. The van der Waals surface area contributed by atoms with Crippen LogP contribution in [-0.4, -0.2) is 48.4 Å². The highest BCUT2D eigenvalue weighted by Gasteiger charge is 2.45. The Balaban J connectivity index is 1.18. The number of nitrogens with zero attached hydrogens (tertiary/aromatic N) is 2. The second-order valence-electron chi connectivity index (χ2n) is 7.76. The molecule has 0 aromatic heterocycles. The van der Waals surface area contributed by atoms with E-state index in [-0.39, 0.29) is 5.92 Å². The Morgan fingerprint density at radius 2 is 1.67 bits per heavy atom. The third-order valence-corrected chi connectivity index (χ3v) is 6.12. The molecule has 0 radical (unpaired) electrons. The van der Waals surface area contributed by atoms with E-state index in [1.54, 1.807) is 0 Å². The van der Waals surface area contributed by atoms with Crippen molar-refractivity contribution in [3.8, 4) is 0 Å². The molecule has 3 nitrogen and oxygen atoms in total. The van der Waals surface area contributed by atoms with Gasteiger partial charge in [-0.1, -0.05) is 54.1 Å². The lowest BCUT2D eigenvalue weighted by atomic mass is 10.1. The summed E-state index contributed by atoms with van der Waals surface area (Å²) in [5.41, 5.74) is 2.66. The zero-order valence-electron chi connectivity index (χ0n) is 15.7. The second kappa shape index (κ2) is 8.45. The summed E-state index contributed by atoms with van der Waals surface area (Å²) in [5, 5.41) is 0.796. The number of carbonyl (C=O) groups is 1. The third kappa shape index (κ3) is 4.72. The van der Waals surface area contributed by atoms with Gasteiger partial charge in [-0.3, -0.25) is 9.69 Å². The molecule has 2 aromatic rings. The zero-order valence-corrected chi connectivity index (χ0v) is 16.4. The Kier molecular flexibility index (Phi) is 5.80. The SMILES string of the molecule is O=C([C@@H]1C[C@H]1c1ccccc1)N1CCN(CCCc2ccc(Cl)cc2)CC1. The number of carbonyl (C=O) groups excluding carboxylic acids is 1. The smallest absolute Gasteiger partial charge is 0.226 e. The fourth-order valence-corrected chi connectivity index (χ4v) is 4.25. The largest absolute Gasteiger partial charge is 0.340 e. The molecule has 2 atom stereocenters. The molecule has 1 aliphatic carbocycles. The first-order valence-corrected chi connectivity index (χ1v) is 10.4. The Morgan fingerprint density at radius 1 is 0.963 bits per heavy atom. The number of halogens is 1. The molecule has 0 bridgehead atoms. The predicted octanol–water partition coefficient (Wildman–Crippen LogP) is 4.22. The van der Waals surface area contributed by atoms with E-state index in [4.69, 9.17) is 11.6 Å². The van der Waals surface area contributed by atoms with Gasteiger partial charge in [-0.2, -0.15) is 0 Å². The molecule has 2 aliphatic rings. The fourth-order valence-electron chi connectivity index (χ4n) is 4.12. The quantitative estimate of drug-likeness (QED) is 0.746. The van der Waals surface area contributed by atoms with Gasteiger partial charge in [0.25, 0.3) is 0 Å². The molecule has 0 unspecified atom stereocenters. The van der Waals surface area contributed by atoms with E-state index in [0.29, 0.717) is 11.8 Å². The molecule has 1 saturated carbocycles. The topological polar surface area (TPSA) is 23.6 Å². The Labute approximate surface area is 166 Å². The van der Waals surface area contributed by atoms with E-state index in [9.17, 15) is 4.79 Å². The lowest BCUT2D eigenvalue weighted by Gasteiger charge is -2.35. The van der Waals surface area contributed by atoms with Gasteiger partial charge in [-0.05, 0) is 55.0 Å². The maximum absolute atomic E-state index is 12.8. The van der Waals surface area contributed by atoms with Crippen LogP contribution in [0.3, 0.4) is 0 Å². The number of rotatable bonds is 6. The van der Waals surface area contributed by atoms with Crippen molar-refractivity contribution < 1.29 is 4.79 Å². The molecular formula is C23H27ClN2O. The number of aryl methyl sites for hydroxylation is 1.